The molecule has 4 rings (SSSR count). The maximum absolute atomic E-state index is 13.7. The number of para-hydroxylation sites is 1. The number of likely N-dealkylation sites (N-methyl/N-ethyl adjacent to an activating group) is 1. The summed E-state index contributed by atoms with van der Waals surface area (Å²) >= 11 is 6.03. The quantitative estimate of drug-likeness (QED) is 0.427. The van der Waals surface area contributed by atoms with Crippen LogP contribution in [-0.2, 0) is 9.59 Å². The van der Waals surface area contributed by atoms with Crippen LogP contribution in [0.3, 0.4) is 0 Å². The van der Waals surface area contributed by atoms with E-state index in [4.69, 9.17) is 16.3 Å². The second-order valence-corrected chi connectivity index (χ2v) is 9.79. The van der Waals surface area contributed by atoms with E-state index in [2.05, 4.69) is 0 Å². The first-order chi connectivity index (χ1) is 17.6. The topological polar surface area (TPSA) is 87.2 Å². The smallest absolute Gasteiger partial charge is 0.347 e. The molecule has 37 heavy (non-hydrogen) atoms. The molecule has 1 aliphatic heterocycles. The molecule has 1 heterocycles. The molecule has 0 unspecified atom stereocenters. The number of ether oxygens (including phenoxy) is 1. The Morgan fingerprint density at radius 3 is 2.30 bits per heavy atom. The van der Waals surface area contributed by atoms with Crippen molar-refractivity contribution < 1.29 is 24.2 Å². The Balaban J connectivity index is 1.57. The van der Waals surface area contributed by atoms with Gasteiger partial charge in [-0.15, -0.1) is 0 Å². The summed E-state index contributed by atoms with van der Waals surface area (Å²) in [5, 5.41) is 9.88. The van der Waals surface area contributed by atoms with Crippen LogP contribution in [0.1, 0.15) is 49.0 Å². The molecule has 2 amide bonds. The molecule has 0 radical (unpaired) electrons. The first-order valence-corrected chi connectivity index (χ1v) is 12.5. The highest BCUT2D eigenvalue weighted by molar-refractivity contribution is 6.30. The number of amides is 2. The lowest BCUT2D eigenvalue weighted by atomic mass is 9.88. The number of hydrogen-bond donors (Lipinski definition) is 1. The van der Waals surface area contributed by atoms with Crippen LogP contribution < -0.4 is 14.5 Å². The lowest BCUT2D eigenvalue weighted by molar-refractivity contribution is -0.152. The van der Waals surface area contributed by atoms with E-state index in [-0.39, 0.29) is 17.7 Å². The Labute approximate surface area is 221 Å². The second kappa shape index (κ2) is 10.6. The van der Waals surface area contributed by atoms with Crippen molar-refractivity contribution in [3.8, 4) is 5.75 Å². The van der Waals surface area contributed by atoms with E-state index < -0.39 is 11.6 Å². The van der Waals surface area contributed by atoms with Crippen LogP contribution in [0, 0.1) is 0 Å². The Morgan fingerprint density at radius 1 is 1.03 bits per heavy atom. The van der Waals surface area contributed by atoms with Crippen molar-refractivity contribution in [1.29, 1.82) is 0 Å². The molecule has 0 bridgehead atoms. The molecule has 1 aliphatic rings. The summed E-state index contributed by atoms with van der Waals surface area (Å²) in [6, 6.07) is 21.1. The monoisotopic (exact) mass is 520 g/mol. The number of carboxylic acids is 1. The van der Waals surface area contributed by atoms with Gasteiger partial charge in [-0.3, -0.25) is 9.59 Å². The zero-order chi connectivity index (χ0) is 26.7. The van der Waals surface area contributed by atoms with Gasteiger partial charge in [0.15, 0.2) is 5.60 Å². The molecular weight excluding hydrogens is 492 g/mol. The van der Waals surface area contributed by atoms with Crippen LogP contribution >= 0.6 is 11.6 Å². The van der Waals surface area contributed by atoms with E-state index in [1.165, 1.54) is 13.8 Å². The first kappa shape index (κ1) is 26.2. The summed E-state index contributed by atoms with van der Waals surface area (Å²) in [5.74, 6) is -1.33. The van der Waals surface area contributed by atoms with Gasteiger partial charge in [0.05, 0.1) is 5.92 Å². The molecule has 0 saturated carbocycles. The van der Waals surface area contributed by atoms with Gasteiger partial charge in [0.1, 0.15) is 5.75 Å². The second-order valence-electron chi connectivity index (χ2n) is 9.36. The third-order valence-corrected chi connectivity index (χ3v) is 6.75. The van der Waals surface area contributed by atoms with Crippen molar-refractivity contribution in [2.45, 2.75) is 38.7 Å². The van der Waals surface area contributed by atoms with E-state index in [1.54, 1.807) is 46.2 Å². The van der Waals surface area contributed by atoms with Gasteiger partial charge in [0.2, 0.25) is 5.91 Å². The molecule has 7 nitrogen and oxygen atoms in total. The normalized spacial score (nSPS) is 15.0. The Bertz CT molecular complexity index is 1300. The molecule has 1 atom stereocenters. The molecule has 0 aromatic heterocycles. The lowest BCUT2D eigenvalue weighted by Gasteiger charge is -2.36. The van der Waals surface area contributed by atoms with Gasteiger partial charge in [-0.25, -0.2) is 4.79 Å². The zero-order valence-corrected chi connectivity index (χ0v) is 21.7. The molecule has 0 spiro atoms. The summed E-state index contributed by atoms with van der Waals surface area (Å²) in [4.78, 5) is 41.9. The van der Waals surface area contributed by atoms with Crippen molar-refractivity contribution in [1.82, 2.24) is 0 Å². The Kier molecular flexibility index (Phi) is 7.55. The minimum Gasteiger partial charge on any atom is -0.478 e. The Hall–Kier alpha value is -3.84. The van der Waals surface area contributed by atoms with Gasteiger partial charge < -0.3 is 19.6 Å². The molecule has 0 fully saturated rings. The molecule has 0 saturated heterocycles. The lowest BCUT2D eigenvalue weighted by Crippen LogP contribution is -2.42. The zero-order valence-electron chi connectivity index (χ0n) is 21.0. The summed E-state index contributed by atoms with van der Waals surface area (Å²) in [6.07, 6.45) is 0.486. The third-order valence-electron chi connectivity index (χ3n) is 6.50. The molecule has 3 aromatic carbocycles. The van der Waals surface area contributed by atoms with E-state index in [9.17, 15) is 19.5 Å². The Morgan fingerprint density at radius 2 is 1.68 bits per heavy atom. The molecule has 1 N–H and O–H groups in total. The van der Waals surface area contributed by atoms with Crippen LogP contribution in [0.15, 0.2) is 72.8 Å². The number of nitrogens with zero attached hydrogens (tertiary/aromatic N) is 2. The van der Waals surface area contributed by atoms with Gasteiger partial charge >= 0.3 is 5.97 Å². The number of carbonyl (C=O) groups excluding carboxylic acids is 2. The van der Waals surface area contributed by atoms with E-state index in [0.717, 1.165) is 11.3 Å². The summed E-state index contributed by atoms with van der Waals surface area (Å²) in [6.45, 7) is 5.75. The van der Waals surface area contributed by atoms with E-state index in [0.29, 0.717) is 41.5 Å². The number of carbonyl (C=O) groups is 3. The standard InChI is InChI=1S/C29H29ClN2O5/c1-4-31(21-13-11-20(30)12-14-21)27(34)24-17-18-32(25-8-6-5-7-23(24)25)26(33)19-9-15-22(16-10-19)37-29(2,3)28(35)36/h5-16,24H,4,17-18H2,1-3H3,(H,35,36)/t24-/m1/s1. The van der Waals surface area contributed by atoms with Crippen molar-refractivity contribution in [2.75, 3.05) is 22.9 Å². The molecule has 0 aliphatic carbocycles. The number of anilines is 2. The van der Waals surface area contributed by atoms with Gasteiger partial charge in [0, 0.05) is 35.1 Å². The van der Waals surface area contributed by atoms with Crippen LogP contribution in [0.25, 0.3) is 0 Å². The summed E-state index contributed by atoms with van der Waals surface area (Å²) < 4.78 is 5.54. The number of fused-ring (bicyclic) bond motifs is 1. The number of rotatable bonds is 7. The summed E-state index contributed by atoms with van der Waals surface area (Å²) in [5.41, 5.74) is 1.34. The van der Waals surface area contributed by atoms with E-state index >= 15 is 0 Å². The van der Waals surface area contributed by atoms with Gasteiger partial charge in [-0.05, 0) is 87.4 Å². The van der Waals surface area contributed by atoms with Crippen molar-refractivity contribution in [3.63, 3.8) is 0 Å². The van der Waals surface area contributed by atoms with Crippen molar-refractivity contribution >= 4 is 40.8 Å². The average molecular weight is 521 g/mol. The number of halogens is 1. The molecule has 3 aromatic rings. The fourth-order valence-corrected chi connectivity index (χ4v) is 4.59. The maximum atomic E-state index is 13.7. The van der Waals surface area contributed by atoms with Gasteiger partial charge in [-0.2, -0.15) is 0 Å². The minimum absolute atomic E-state index is 0.0214. The van der Waals surface area contributed by atoms with Crippen molar-refractivity contribution in [3.05, 3.63) is 88.9 Å². The van der Waals surface area contributed by atoms with Crippen LogP contribution in [0.4, 0.5) is 11.4 Å². The summed E-state index contributed by atoms with van der Waals surface area (Å²) in [7, 11) is 0. The van der Waals surface area contributed by atoms with Crippen LogP contribution in [-0.4, -0.2) is 41.6 Å². The minimum atomic E-state index is -1.39. The first-order valence-electron chi connectivity index (χ1n) is 12.1. The van der Waals surface area contributed by atoms with Crippen LogP contribution in [0.2, 0.25) is 5.02 Å². The number of carboxylic acid groups (broad SMARTS) is 1. The molecule has 8 heteroatoms. The number of aliphatic carboxylic acids is 1. The van der Waals surface area contributed by atoms with E-state index in [1.807, 2.05) is 43.3 Å². The highest BCUT2D eigenvalue weighted by atomic mass is 35.5. The van der Waals surface area contributed by atoms with Gasteiger partial charge in [0.25, 0.3) is 5.91 Å². The maximum Gasteiger partial charge on any atom is 0.347 e. The number of benzene rings is 3. The van der Waals surface area contributed by atoms with Gasteiger partial charge in [-0.1, -0.05) is 29.8 Å². The van der Waals surface area contributed by atoms with Crippen LogP contribution in [0.5, 0.6) is 5.75 Å². The SMILES string of the molecule is CCN(C(=O)[C@@H]1CCN(C(=O)c2ccc(OC(C)(C)C(=O)O)cc2)c2ccccc21)c1ccc(Cl)cc1. The molecule has 192 valence electrons. The largest absolute Gasteiger partial charge is 0.478 e. The predicted octanol–water partition coefficient (Wildman–Crippen LogP) is 5.77. The van der Waals surface area contributed by atoms with Crippen molar-refractivity contribution in [2.24, 2.45) is 0 Å². The molecular formula is C29H29ClN2O5. The third kappa shape index (κ3) is 5.47. The fraction of sp³-hybridized carbons (Fsp3) is 0.276. The fourth-order valence-electron chi connectivity index (χ4n) is 4.46. The average Bonchev–Trinajstić information content (AvgIpc) is 2.89. The highest BCUT2D eigenvalue weighted by Crippen LogP contribution is 2.38. The predicted molar refractivity (Wildman–Crippen MR) is 144 cm³/mol. The highest BCUT2D eigenvalue weighted by Gasteiger charge is 2.35. The number of hydrogen-bond acceptors (Lipinski definition) is 4.